The minimum Gasteiger partial charge on any atom is -0.303 e. The maximum atomic E-state index is 2.65. The molecule has 0 aromatic heterocycles. The van der Waals surface area contributed by atoms with Gasteiger partial charge in [0.05, 0.1) is 0 Å². The summed E-state index contributed by atoms with van der Waals surface area (Å²) in [5.41, 5.74) is 0. The Bertz CT molecular complexity index is 147. The molecule has 0 saturated carbocycles. The first-order valence-electron chi connectivity index (χ1n) is 6.59. The summed E-state index contributed by atoms with van der Waals surface area (Å²) in [7, 11) is 0. The normalized spacial score (nSPS) is 17.4. The standard InChI is InChI=1S/C13H27NS.ClH/c1-13(2)7-12-15-11-6-10-14-8-4-3-5-9-14;/h13H,3-12H2,1-2H3;1H. The van der Waals surface area contributed by atoms with E-state index in [2.05, 4.69) is 30.5 Å². The summed E-state index contributed by atoms with van der Waals surface area (Å²) in [5, 5.41) is 0. The van der Waals surface area contributed by atoms with Crippen molar-refractivity contribution in [3.05, 3.63) is 0 Å². The molecule has 0 unspecified atom stereocenters. The first-order valence-corrected chi connectivity index (χ1v) is 7.74. The average molecular weight is 266 g/mol. The fourth-order valence-electron chi connectivity index (χ4n) is 1.99. The zero-order valence-electron chi connectivity index (χ0n) is 10.9. The molecule has 98 valence electrons. The second kappa shape index (κ2) is 10.7. The summed E-state index contributed by atoms with van der Waals surface area (Å²) in [5.74, 6) is 3.60. The Hall–Kier alpha value is 0.600. The first-order chi connectivity index (χ1) is 7.29. The minimum atomic E-state index is 0. The zero-order valence-corrected chi connectivity index (χ0v) is 12.5. The van der Waals surface area contributed by atoms with Crippen LogP contribution in [0.3, 0.4) is 0 Å². The number of nitrogens with zero attached hydrogens (tertiary/aromatic N) is 1. The van der Waals surface area contributed by atoms with E-state index < -0.39 is 0 Å². The summed E-state index contributed by atoms with van der Waals surface area (Å²) >= 11 is 2.14. The molecule has 1 aliphatic rings. The number of hydrogen-bond acceptors (Lipinski definition) is 2. The summed E-state index contributed by atoms with van der Waals surface area (Å²) in [6.07, 6.45) is 7.10. The van der Waals surface area contributed by atoms with Crippen LogP contribution in [-0.2, 0) is 0 Å². The molecule has 0 atom stereocenters. The molecule has 1 heterocycles. The van der Waals surface area contributed by atoms with E-state index in [-0.39, 0.29) is 12.4 Å². The minimum absolute atomic E-state index is 0. The Kier molecular flexibility index (Phi) is 11.1. The summed E-state index contributed by atoms with van der Waals surface area (Å²) in [6.45, 7) is 8.69. The quantitative estimate of drug-likeness (QED) is 0.639. The Morgan fingerprint density at radius 3 is 2.38 bits per heavy atom. The van der Waals surface area contributed by atoms with E-state index >= 15 is 0 Å². The predicted octanol–water partition coefficient (Wildman–Crippen LogP) is 4.06. The number of hydrogen-bond donors (Lipinski definition) is 0. The zero-order chi connectivity index (χ0) is 10.9. The number of rotatable bonds is 7. The van der Waals surface area contributed by atoms with Crippen LogP contribution in [-0.4, -0.2) is 36.0 Å². The van der Waals surface area contributed by atoms with Crippen molar-refractivity contribution in [2.75, 3.05) is 31.1 Å². The molecule has 0 spiro atoms. The highest BCUT2D eigenvalue weighted by atomic mass is 35.5. The fraction of sp³-hybridized carbons (Fsp3) is 1.00. The van der Waals surface area contributed by atoms with Crippen LogP contribution >= 0.6 is 24.2 Å². The van der Waals surface area contributed by atoms with Gasteiger partial charge in [-0.3, -0.25) is 0 Å². The van der Waals surface area contributed by atoms with E-state index in [1.807, 2.05) is 0 Å². The Labute approximate surface area is 112 Å². The van der Waals surface area contributed by atoms with E-state index in [1.54, 1.807) is 0 Å². The van der Waals surface area contributed by atoms with Gasteiger partial charge in [0, 0.05) is 0 Å². The van der Waals surface area contributed by atoms with Crippen LogP contribution in [0.5, 0.6) is 0 Å². The van der Waals surface area contributed by atoms with Gasteiger partial charge in [0.25, 0.3) is 0 Å². The van der Waals surface area contributed by atoms with Gasteiger partial charge in [0.15, 0.2) is 0 Å². The van der Waals surface area contributed by atoms with Gasteiger partial charge < -0.3 is 4.90 Å². The largest absolute Gasteiger partial charge is 0.303 e. The van der Waals surface area contributed by atoms with E-state index in [0.29, 0.717) is 0 Å². The van der Waals surface area contributed by atoms with Crippen molar-refractivity contribution in [1.29, 1.82) is 0 Å². The summed E-state index contributed by atoms with van der Waals surface area (Å²) in [6, 6.07) is 0. The lowest BCUT2D eigenvalue weighted by atomic mass is 10.1. The highest BCUT2D eigenvalue weighted by molar-refractivity contribution is 7.99. The van der Waals surface area contributed by atoms with Gasteiger partial charge in [0.2, 0.25) is 0 Å². The third-order valence-corrected chi connectivity index (χ3v) is 4.15. The van der Waals surface area contributed by atoms with E-state index in [4.69, 9.17) is 0 Å². The van der Waals surface area contributed by atoms with Crippen molar-refractivity contribution in [3.63, 3.8) is 0 Å². The molecule has 1 nitrogen and oxygen atoms in total. The number of likely N-dealkylation sites (tertiary alicyclic amines) is 1. The molecule has 0 amide bonds. The van der Waals surface area contributed by atoms with Crippen molar-refractivity contribution >= 4 is 24.2 Å². The molecule has 16 heavy (non-hydrogen) atoms. The van der Waals surface area contributed by atoms with Crippen LogP contribution in [0, 0.1) is 5.92 Å². The number of thioether (sulfide) groups is 1. The average Bonchev–Trinajstić information content (AvgIpc) is 2.24. The van der Waals surface area contributed by atoms with Gasteiger partial charge >= 0.3 is 0 Å². The van der Waals surface area contributed by atoms with Gasteiger partial charge in [-0.15, -0.1) is 12.4 Å². The first kappa shape index (κ1) is 16.6. The lowest BCUT2D eigenvalue weighted by Crippen LogP contribution is -2.30. The second-order valence-electron chi connectivity index (χ2n) is 5.05. The molecule has 1 saturated heterocycles. The van der Waals surface area contributed by atoms with Crippen molar-refractivity contribution in [2.24, 2.45) is 5.92 Å². The molecule has 1 rings (SSSR count). The van der Waals surface area contributed by atoms with E-state index in [9.17, 15) is 0 Å². The topological polar surface area (TPSA) is 3.24 Å². The molecule has 0 N–H and O–H groups in total. The van der Waals surface area contributed by atoms with Crippen LogP contribution in [0.25, 0.3) is 0 Å². The molecule has 0 aromatic rings. The summed E-state index contributed by atoms with van der Waals surface area (Å²) < 4.78 is 0. The predicted molar refractivity (Wildman–Crippen MR) is 78.9 cm³/mol. The second-order valence-corrected chi connectivity index (χ2v) is 6.28. The lowest BCUT2D eigenvalue weighted by Gasteiger charge is -2.26. The molecule has 1 fully saturated rings. The van der Waals surface area contributed by atoms with Crippen LogP contribution in [0.15, 0.2) is 0 Å². The molecule has 1 aliphatic heterocycles. The SMILES string of the molecule is CC(C)CCSCCCN1CCCCC1.Cl. The van der Waals surface area contributed by atoms with Crippen LogP contribution < -0.4 is 0 Å². The van der Waals surface area contributed by atoms with E-state index in [0.717, 1.165) is 5.92 Å². The Balaban J connectivity index is 0.00000225. The van der Waals surface area contributed by atoms with Gasteiger partial charge in [-0.2, -0.15) is 11.8 Å². The maximum Gasteiger partial charge on any atom is -0.00109 e. The highest BCUT2D eigenvalue weighted by Crippen LogP contribution is 2.12. The molecular formula is C13H28ClNS. The summed E-state index contributed by atoms with van der Waals surface area (Å²) in [4.78, 5) is 2.65. The van der Waals surface area contributed by atoms with E-state index in [1.165, 1.54) is 63.2 Å². The van der Waals surface area contributed by atoms with Crippen molar-refractivity contribution in [2.45, 2.75) is 46.0 Å². The van der Waals surface area contributed by atoms with Crippen molar-refractivity contribution in [3.8, 4) is 0 Å². The molecule has 3 heteroatoms. The van der Waals surface area contributed by atoms with Crippen molar-refractivity contribution in [1.82, 2.24) is 4.90 Å². The molecule has 0 aromatic carbocycles. The highest BCUT2D eigenvalue weighted by Gasteiger charge is 2.08. The van der Waals surface area contributed by atoms with Gasteiger partial charge in [-0.25, -0.2) is 0 Å². The third kappa shape index (κ3) is 8.72. The molecule has 0 bridgehead atoms. The number of piperidine rings is 1. The Morgan fingerprint density at radius 1 is 1.06 bits per heavy atom. The number of halogens is 1. The van der Waals surface area contributed by atoms with Crippen LogP contribution in [0.4, 0.5) is 0 Å². The smallest absolute Gasteiger partial charge is 0.00109 e. The van der Waals surface area contributed by atoms with Crippen molar-refractivity contribution < 1.29 is 0 Å². The van der Waals surface area contributed by atoms with Gasteiger partial charge in [-0.05, 0) is 62.7 Å². The fourth-order valence-corrected chi connectivity index (χ4v) is 3.17. The van der Waals surface area contributed by atoms with Gasteiger partial charge in [-0.1, -0.05) is 20.3 Å². The van der Waals surface area contributed by atoms with Gasteiger partial charge in [0.1, 0.15) is 0 Å². The Morgan fingerprint density at radius 2 is 1.75 bits per heavy atom. The maximum absolute atomic E-state index is 2.65. The molecule has 0 aliphatic carbocycles. The monoisotopic (exact) mass is 265 g/mol. The third-order valence-electron chi connectivity index (χ3n) is 3.05. The lowest BCUT2D eigenvalue weighted by molar-refractivity contribution is 0.230. The van der Waals surface area contributed by atoms with Crippen LogP contribution in [0.2, 0.25) is 0 Å². The van der Waals surface area contributed by atoms with Crippen LogP contribution in [0.1, 0.15) is 46.0 Å². The molecule has 0 radical (unpaired) electrons. The molecular weight excluding hydrogens is 238 g/mol.